The molecular weight excluding hydrogens is 645 g/mol. The van der Waals surface area contributed by atoms with Gasteiger partial charge in [-0.25, -0.2) is 13.4 Å². The Kier molecular flexibility index (Phi) is 8.90. The summed E-state index contributed by atoms with van der Waals surface area (Å²) >= 11 is 0. The second-order valence-electron chi connectivity index (χ2n) is 12.8. The van der Waals surface area contributed by atoms with E-state index in [9.17, 15) is 8.42 Å². The van der Waals surface area contributed by atoms with Crippen LogP contribution in [0.3, 0.4) is 0 Å². The summed E-state index contributed by atoms with van der Waals surface area (Å²) in [6.07, 6.45) is 8.06. The number of piperazine rings is 1. The predicted molar refractivity (Wildman–Crippen MR) is 193 cm³/mol. The van der Waals surface area contributed by atoms with E-state index in [1.165, 1.54) is 23.8 Å². The van der Waals surface area contributed by atoms with Gasteiger partial charge in [-0.1, -0.05) is 0 Å². The Balaban J connectivity index is 1.16. The van der Waals surface area contributed by atoms with E-state index in [0.29, 0.717) is 57.1 Å². The molecule has 0 atom stereocenters. The zero-order valence-corrected chi connectivity index (χ0v) is 29.3. The summed E-state index contributed by atoms with van der Waals surface area (Å²) in [4.78, 5) is 25.8. The molecule has 15 heteroatoms. The summed E-state index contributed by atoms with van der Waals surface area (Å²) in [5.74, 6) is 1.34. The average molecular weight is 687 g/mol. The van der Waals surface area contributed by atoms with Crippen LogP contribution >= 0.6 is 0 Å². The first-order chi connectivity index (χ1) is 23.6. The number of sulfonamides is 1. The highest BCUT2D eigenvalue weighted by atomic mass is 32.2. The third kappa shape index (κ3) is 6.65. The second kappa shape index (κ2) is 13.3. The fraction of sp³-hybridized carbons (Fsp3) is 0.412. The molecular formula is C34H42N10O4S. The zero-order chi connectivity index (χ0) is 34.3. The number of hydrogen-bond donors (Lipinski definition) is 2. The molecule has 2 saturated heterocycles. The van der Waals surface area contributed by atoms with Crippen LogP contribution in [0.4, 0.5) is 34.5 Å². The number of aryl methyl sites for hydroxylation is 1. The third-order valence-electron chi connectivity index (χ3n) is 9.61. The smallest absolute Gasteiger partial charge is 0.232 e. The molecule has 0 saturated carbocycles. The van der Waals surface area contributed by atoms with Gasteiger partial charge in [0, 0.05) is 82.6 Å². The van der Waals surface area contributed by atoms with Gasteiger partial charge in [-0.15, -0.1) is 0 Å². The van der Waals surface area contributed by atoms with Crippen LogP contribution in [-0.4, -0.2) is 111 Å². The van der Waals surface area contributed by atoms with Crippen molar-refractivity contribution in [2.75, 3.05) is 86.6 Å². The molecule has 0 radical (unpaired) electrons. The minimum atomic E-state index is -3.64. The van der Waals surface area contributed by atoms with Gasteiger partial charge in [0.25, 0.3) is 0 Å². The molecule has 2 aliphatic rings. The van der Waals surface area contributed by atoms with Gasteiger partial charge in [0.15, 0.2) is 11.4 Å². The van der Waals surface area contributed by atoms with Crippen LogP contribution in [0.2, 0.25) is 0 Å². The molecule has 5 heterocycles. The molecule has 0 aliphatic carbocycles. The molecule has 0 bridgehead atoms. The number of ether oxygens (including phenoxy) is 1. The summed E-state index contributed by atoms with van der Waals surface area (Å²) in [7, 11) is 1.70. The highest BCUT2D eigenvalue weighted by Gasteiger charge is 2.28. The Morgan fingerprint density at radius 3 is 2.43 bits per heavy atom. The van der Waals surface area contributed by atoms with Gasteiger partial charge in [0.2, 0.25) is 16.0 Å². The van der Waals surface area contributed by atoms with Gasteiger partial charge in [-0.05, 0) is 50.6 Å². The number of rotatable bonds is 9. The fourth-order valence-corrected chi connectivity index (χ4v) is 7.32. The second-order valence-corrected chi connectivity index (χ2v) is 14.8. The molecule has 3 aromatic heterocycles. The van der Waals surface area contributed by atoms with Gasteiger partial charge < -0.3 is 29.6 Å². The molecule has 2 fully saturated rings. The van der Waals surface area contributed by atoms with E-state index in [2.05, 4.69) is 61.4 Å². The van der Waals surface area contributed by atoms with Crippen molar-refractivity contribution in [3.63, 3.8) is 0 Å². The largest absolute Gasteiger partial charge is 0.494 e. The first kappa shape index (κ1) is 32.8. The maximum absolute atomic E-state index is 12.7. The fourth-order valence-electron chi connectivity index (χ4n) is 6.80. The van der Waals surface area contributed by atoms with Crippen molar-refractivity contribution in [3.05, 3.63) is 54.6 Å². The number of anilines is 6. The number of nitrogens with zero attached hydrogens (tertiary/aromatic N) is 8. The zero-order valence-electron chi connectivity index (χ0n) is 28.5. The Morgan fingerprint density at radius 1 is 0.939 bits per heavy atom. The van der Waals surface area contributed by atoms with Crippen molar-refractivity contribution in [2.24, 2.45) is 0 Å². The number of aromatic nitrogens is 4. The van der Waals surface area contributed by atoms with Crippen LogP contribution in [0.15, 0.2) is 53.4 Å². The summed E-state index contributed by atoms with van der Waals surface area (Å²) in [6.45, 7) is 8.68. The van der Waals surface area contributed by atoms with Crippen molar-refractivity contribution in [2.45, 2.75) is 25.8 Å². The highest BCUT2D eigenvalue weighted by molar-refractivity contribution is 7.92. The summed E-state index contributed by atoms with van der Waals surface area (Å²) < 4.78 is 38.2. The minimum absolute atomic E-state index is 0.313. The van der Waals surface area contributed by atoms with Crippen LogP contribution in [0.1, 0.15) is 18.4 Å². The van der Waals surface area contributed by atoms with Gasteiger partial charge in [0.1, 0.15) is 22.5 Å². The van der Waals surface area contributed by atoms with Gasteiger partial charge in [-0.2, -0.15) is 4.98 Å². The lowest BCUT2D eigenvalue weighted by atomic mass is 10.0. The number of likely N-dealkylation sites (N-methyl/N-ethyl adjacent to an activating group) is 1. The van der Waals surface area contributed by atoms with Crippen LogP contribution < -0.4 is 24.6 Å². The number of methoxy groups -OCH3 is 1. The number of furan rings is 1. The molecule has 7 rings (SSSR count). The lowest BCUT2D eigenvalue weighted by Crippen LogP contribution is -2.52. The third-order valence-corrected chi connectivity index (χ3v) is 10.8. The molecule has 258 valence electrons. The SMILES string of the molecule is COc1cc(N2CCC(N3CCN(C)CC3)CC2)c(C)cc1Nc1nc(Nc2ccc3nccnc3c2N(C)S(C)(=O)=O)c2occc2n1. The van der Waals surface area contributed by atoms with Crippen LogP contribution in [-0.2, 0) is 10.0 Å². The molecule has 0 spiro atoms. The van der Waals surface area contributed by atoms with E-state index in [-0.39, 0.29) is 0 Å². The lowest BCUT2D eigenvalue weighted by molar-refractivity contribution is 0.0982. The molecule has 2 aliphatic heterocycles. The topological polar surface area (TPSA) is 145 Å². The number of nitrogens with one attached hydrogen (secondary N) is 2. The van der Waals surface area contributed by atoms with Crippen LogP contribution in [0, 0.1) is 6.92 Å². The average Bonchev–Trinajstić information content (AvgIpc) is 3.57. The first-order valence-electron chi connectivity index (χ1n) is 16.4. The number of fused-ring (bicyclic) bond motifs is 2. The molecule has 0 unspecified atom stereocenters. The Bertz CT molecular complexity index is 2090. The molecule has 2 N–H and O–H groups in total. The first-order valence-corrected chi connectivity index (χ1v) is 18.3. The number of hydrogen-bond acceptors (Lipinski definition) is 13. The monoisotopic (exact) mass is 686 g/mol. The van der Waals surface area contributed by atoms with E-state index < -0.39 is 10.0 Å². The normalized spacial score (nSPS) is 16.7. The van der Waals surface area contributed by atoms with Crippen molar-refractivity contribution < 1.29 is 17.6 Å². The predicted octanol–water partition coefficient (Wildman–Crippen LogP) is 4.58. The maximum atomic E-state index is 12.7. The highest BCUT2D eigenvalue weighted by Crippen LogP contribution is 2.39. The van der Waals surface area contributed by atoms with Crippen LogP contribution in [0.5, 0.6) is 5.75 Å². The van der Waals surface area contributed by atoms with Gasteiger partial charge >= 0.3 is 0 Å². The molecule has 2 aromatic carbocycles. The van der Waals surface area contributed by atoms with Gasteiger partial charge in [-0.3, -0.25) is 19.2 Å². The molecule has 5 aromatic rings. The number of piperidine rings is 1. The van der Waals surface area contributed by atoms with E-state index in [0.717, 1.165) is 75.3 Å². The summed E-state index contributed by atoms with van der Waals surface area (Å²) in [6, 6.07) is 10.1. The van der Waals surface area contributed by atoms with Gasteiger partial charge in [0.05, 0.1) is 36.5 Å². The van der Waals surface area contributed by atoms with Crippen molar-refractivity contribution in [3.8, 4) is 5.75 Å². The lowest BCUT2D eigenvalue weighted by Gasteiger charge is -2.43. The molecule has 14 nitrogen and oxygen atoms in total. The number of benzene rings is 2. The van der Waals surface area contributed by atoms with Crippen LogP contribution in [0.25, 0.3) is 22.1 Å². The minimum Gasteiger partial charge on any atom is -0.494 e. The standard InChI is InChI=1S/C34H42N10O4S/c1-22-20-27(29(47-4)21-28(22)44-13-8-23(9-14-44)43-17-15-41(2)16-18-43)39-34-38-26-10-19-48-32(26)33(40-34)37-25-7-6-24-30(36-12-11-35-24)31(25)42(3)49(5,45)46/h6-7,10-12,19-21,23H,8-9,13-18H2,1-5H3,(H2,37,38,39,40). The molecule has 0 amide bonds. The summed E-state index contributed by atoms with van der Waals surface area (Å²) in [5, 5.41) is 6.65. The molecule has 49 heavy (non-hydrogen) atoms. The Labute approximate surface area is 286 Å². The quantitative estimate of drug-likeness (QED) is 0.223. The van der Waals surface area contributed by atoms with E-state index in [1.807, 2.05) is 0 Å². The van der Waals surface area contributed by atoms with E-state index in [4.69, 9.17) is 19.1 Å². The van der Waals surface area contributed by atoms with E-state index in [1.54, 1.807) is 31.5 Å². The Morgan fingerprint density at radius 2 is 1.69 bits per heavy atom. The maximum Gasteiger partial charge on any atom is 0.232 e. The van der Waals surface area contributed by atoms with Crippen molar-refractivity contribution >= 4 is 66.7 Å². The van der Waals surface area contributed by atoms with Crippen molar-refractivity contribution in [1.82, 2.24) is 29.7 Å². The van der Waals surface area contributed by atoms with Crippen molar-refractivity contribution in [1.29, 1.82) is 0 Å². The Hall–Kier alpha value is -4.73. The summed E-state index contributed by atoms with van der Waals surface area (Å²) in [5.41, 5.74) is 5.75. The van der Waals surface area contributed by atoms with E-state index >= 15 is 0 Å².